The third-order valence-corrected chi connectivity index (χ3v) is 5.21. The van der Waals surface area contributed by atoms with Crippen LogP contribution in [0.5, 0.6) is 5.75 Å². The number of nitrogens with zero attached hydrogens (tertiary/aromatic N) is 1. The van der Waals surface area contributed by atoms with E-state index in [9.17, 15) is 19.1 Å². The van der Waals surface area contributed by atoms with Gasteiger partial charge in [-0.3, -0.25) is 9.59 Å². The summed E-state index contributed by atoms with van der Waals surface area (Å²) in [5.41, 5.74) is 0.243. The van der Waals surface area contributed by atoms with Crippen molar-refractivity contribution in [3.8, 4) is 5.75 Å². The van der Waals surface area contributed by atoms with Gasteiger partial charge in [-0.05, 0) is 30.7 Å². The molecule has 1 aliphatic rings. The maximum absolute atomic E-state index is 14.6. The summed E-state index contributed by atoms with van der Waals surface area (Å²) in [7, 11) is 1.46. The molecule has 1 aliphatic heterocycles. The molecule has 1 N–H and O–H groups in total. The fourth-order valence-electron chi connectivity index (χ4n) is 3.43. The Balaban J connectivity index is 2.19. The number of benzene rings is 2. The van der Waals surface area contributed by atoms with E-state index in [4.69, 9.17) is 16.3 Å². The maximum Gasteiger partial charge on any atom is 0.295 e. The highest BCUT2D eigenvalue weighted by Gasteiger charge is 2.46. The first-order valence-corrected chi connectivity index (χ1v) is 9.65. The molecule has 0 radical (unpaired) electrons. The number of aliphatic hydroxyl groups is 1. The molecule has 0 spiro atoms. The Morgan fingerprint density at radius 1 is 1.24 bits per heavy atom. The fourth-order valence-corrected chi connectivity index (χ4v) is 3.69. The summed E-state index contributed by atoms with van der Waals surface area (Å²) in [5.74, 6) is -2.16. The third kappa shape index (κ3) is 3.85. The van der Waals surface area contributed by atoms with Gasteiger partial charge in [0.1, 0.15) is 17.3 Å². The Hall–Kier alpha value is -2.86. The van der Waals surface area contributed by atoms with E-state index in [1.165, 1.54) is 42.3 Å². The van der Waals surface area contributed by atoms with E-state index in [2.05, 4.69) is 0 Å². The van der Waals surface area contributed by atoms with Crippen LogP contribution in [0.1, 0.15) is 36.9 Å². The summed E-state index contributed by atoms with van der Waals surface area (Å²) >= 11 is 6.14. The van der Waals surface area contributed by atoms with Gasteiger partial charge < -0.3 is 14.7 Å². The molecule has 3 rings (SSSR count). The standard InChI is InChI=1S/C22H21ClFNO4/c1-3-4-11-25-19(14-7-5-6-8-16(14)24)18(21(27)22(25)28)20(26)13-9-10-17(29-2)15(23)12-13/h5-10,12,19,26H,3-4,11H2,1-2H3/b20-18+. The lowest BCUT2D eigenvalue weighted by Gasteiger charge is -2.25. The predicted molar refractivity (Wildman–Crippen MR) is 108 cm³/mol. The molecule has 1 fully saturated rings. The minimum Gasteiger partial charge on any atom is -0.507 e. The van der Waals surface area contributed by atoms with Crippen molar-refractivity contribution in [3.63, 3.8) is 0 Å². The number of rotatable bonds is 6. The largest absolute Gasteiger partial charge is 0.507 e. The summed E-state index contributed by atoms with van der Waals surface area (Å²) in [6.07, 6.45) is 1.44. The molecule has 29 heavy (non-hydrogen) atoms. The van der Waals surface area contributed by atoms with Gasteiger partial charge in [0.15, 0.2) is 0 Å². The van der Waals surface area contributed by atoms with Crippen molar-refractivity contribution in [2.45, 2.75) is 25.8 Å². The highest BCUT2D eigenvalue weighted by Crippen LogP contribution is 2.41. The number of hydrogen-bond donors (Lipinski definition) is 1. The monoisotopic (exact) mass is 417 g/mol. The van der Waals surface area contributed by atoms with Gasteiger partial charge in [0.25, 0.3) is 11.7 Å². The zero-order valence-corrected chi connectivity index (χ0v) is 16.9. The van der Waals surface area contributed by atoms with Gasteiger partial charge in [0.05, 0.1) is 23.7 Å². The van der Waals surface area contributed by atoms with Gasteiger partial charge >= 0.3 is 0 Å². The first kappa shape index (κ1) is 20.9. The molecule has 0 aromatic heterocycles. The van der Waals surface area contributed by atoms with E-state index in [1.54, 1.807) is 12.1 Å². The lowest BCUT2D eigenvalue weighted by atomic mass is 9.95. The number of ether oxygens (including phenoxy) is 1. The summed E-state index contributed by atoms with van der Waals surface area (Å²) in [5, 5.41) is 11.2. The minimum atomic E-state index is -1.01. The van der Waals surface area contributed by atoms with Crippen molar-refractivity contribution in [3.05, 3.63) is 70.0 Å². The van der Waals surface area contributed by atoms with E-state index < -0.39 is 29.3 Å². The number of carbonyl (C=O) groups excluding carboxylic acids is 2. The van der Waals surface area contributed by atoms with Crippen LogP contribution in [-0.2, 0) is 9.59 Å². The molecular formula is C22H21ClFNO4. The maximum atomic E-state index is 14.6. The highest BCUT2D eigenvalue weighted by atomic mass is 35.5. The molecule has 1 amide bonds. The highest BCUT2D eigenvalue weighted by molar-refractivity contribution is 6.46. The van der Waals surface area contributed by atoms with E-state index in [0.29, 0.717) is 12.2 Å². The van der Waals surface area contributed by atoms with E-state index in [1.807, 2.05) is 6.92 Å². The first-order valence-electron chi connectivity index (χ1n) is 9.27. The van der Waals surface area contributed by atoms with Gasteiger partial charge in [0.2, 0.25) is 0 Å². The second-order valence-electron chi connectivity index (χ2n) is 6.72. The average Bonchev–Trinajstić information content (AvgIpc) is 2.96. The van der Waals surface area contributed by atoms with Crippen molar-refractivity contribution >= 4 is 29.1 Å². The van der Waals surface area contributed by atoms with Gasteiger partial charge in [-0.2, -0.15) is 0 Å². The summed E-state index contributed by atoms with van der Waals surface area (Å²) in [6, 6.07) is 9.43. The average molecular weight is 418 g/mol. The van der Waals surface area contributed by atoms with Crippen LogP contribution < -0.4 is 4.74 Å². The minimum absolute atomic E-state index is 0.155. The first-order chi connectivity index (χ1) is 13.9. The summed E-state index contributed by atoms with van der Waals surface area (Å²) < 4.78 is 19.7. The van der Waals surface area contributed by atoms with Crippen LogP contribution in [0.2, 0.25) is 5.02 Å². The van der Waals surface area contributed by atoms with Crippen LogP contribution in [0.3, 0.4) is 0 Å². The summed E-state index contributed by atoms with van der Waals surface area (Å²) in [4.78, 5) is 26.8. The van der Waals surface area contributed by atoms with Crippen LogP contribution in [-0.4, -0.2) is 35.4 Å². The molecule has 1 atom stereocenters. The molecule has 2 aromatic rings. The van der Waals surface area contributed by atoms with E-state index in [-0.39, 0.29) is 28.3 Å². The molecule has 0 bridgehead atoms. The molecule has 7 heteroatoms. The lowest BCUT2D eigenvalue weighted by Crippen LogP contribution is -2.31. The molecular weight excluding hydrogens is 397 g/mol. The molecule has 5 nitrogen and oxygen atoms in total. The SMILES string of the molecule is CCCCN1C(=O)C(=O)/C(=C(/O)c2ccc(OC)c(Cl)c2)C1c1ccccc1F. The Morgan fingerprint density at radius 2 is 1.97 bits per heavy atom. The fraction of sp³-hybridized carbons (Fsp3) is 0.273. The smallest absolute Gasteiger partial charge is 0.295 e. The zero-order valence-electron chi connectivity index (χ0n) is 16.1. The quantitative estimate of drug-likeness (QED) is 0.420. The number of likely N-dealkylation sites (tertiary alicyclic amines) is 1. The van der Waals surface area contributed by atoms with Gasteiger partial charge in [0, 0.05) is 17.7 Å². The van der Waals surface area contributed by atoms with Crippen molar-refractivity contribution in [1.29, 1.82) is 0 Å². The molecule has 1 unspecified atom stereocenters. The topological polar surface area (TPSA) is 66.8 Å². The Kier molecular flexibility index (Phi) is 6.23. The Morgan fingerprint density at radius 3 is 2.59 bits per heavy atom. The van der Waals surface area contributed by atoms with Crippen molar-refractivity contribution in [2.75, 3.05) is 13.7 Å². The van der Waals surface area contributed by atoms with Gasteiger partial charge in [-0.15, -0.1) is 0 Å². The van der Waals surface area contributed by atoms with Gasteiger partial charge in [-0.1, -0.05) is 43.1 Å². The van der Waals surface area contributed by atoms with Crippen LogP contribution in [0, 0.1) is 5.82 Å². The van der Waals surface area contributed by atoms with Crippen LogP contribution in [0.25, 0.3) is 5.76 Å². The van der Waals surface area contributed by atoms with E-state index >= 15 is 0 Å². The zero-order chi connectivity index (χ0) is 21.1. The normalized spacial score (nSPS) is 18.3. The second-order valence-corrected chi connectivity index (χ2v) is 7.12. The Labute approximate surface area is 173 Å². The molecule has 0 saturated carbocycles. The third-order valence-electron chi connectivity index (χ3n) is 4.92. The van der Waals surface area contributed by atoms with Crippen molar-refractivity contribution < 1.29 is 23.8 Å². The number of ketones is 1. The number of amides is 1. The molecule has 1 heterocycles. The van der Waals surface area contributed by atoms with Crippen LogP contribution in [0.4, 0.5) is 4.39 Å². The second kappa shape index (κ2) is 8.66. The van der Waals surface area contributed by atoms with Crippen molar-refractivity contribution in [2.24, 2.45) is 0 Å². The molecule has 152 valence electrons. The van der Waals surface area contributed by atoms with Gasteiger partial charge in [-0.25, -0.2) is 4.39 Å². The predicted octanol–water partition coefficient (Wildman–Crippen LogP) is 4.71. The number of hydrogen-bond acceptors (Lipinski definition) is 4. The number of methoxy groups -OCH3 is 1. The van der Waals surface area contributed by atoms with E-state index in [0.717, 1.165) is 6.42 Å². The Bertz CT molecular complexity index is 989. The number of halogens is 2. The number of Topliss-reactive ketones (excluding diaryl/α,β-unsaturated/α-hetero) is 1. The number of unbranched alkanes of at least 4 members (excludes halogenated alkanes) is 1. The van der Waals surface area contributed by atoms with Crippen molar-refractivity contribution in [1.82, 2.24) is 4.90 Å². The summed E-state index contributed by atoms with van der Waals surface area (Å²) in [6.45, 7) is 2.23. The lowest BCUT2D eigenvalue weighted by molar-refractivity contribution is -0.139. The van der Waals surface area contributed by atoms with Crippen LogP contribution >= 0.6 is 11.6 Å². The number of aliphatic hydroxyl groups excluding tert-OH is 1. The number of carbonyl (C=O) groups is 2. The molecule has 1 saturated heterocycles. The van der Waals surface area contributed by atoms with Crippen LogP contribution in [0.15, 0.2) is 48.0 Å². The molecule has 2 aromatic carbocycles. The molecule has 0 aliphatic carbocycles.